The lowest BCUT2D eigenvalue weighted by atomic mass is 9.92. The zero-order chi connectivity index (χ0) is 13.1. The van der Waals surface area contributed by atoms with Crippen LogP contribution in [-0.2, 0) is 10.3 Å². The molecule has 0 bridgehead atoms. The van der Waals surface area contributed by atoms with Crippen LogP contribution in [0.5, 0.6) is 0 Å². The van der Waals surface area contributed by atoms with E-state index in [1.165, 1.54) is 0 Å². The van der Waals surface area contributed by atoms with E-state index in [1.54, 1.807) is 7.11 Å². The van der Waals surface area contributed by atoms with Crippen LogP contribution in [0.25, 0.3) is 11.4 Å². The molecular formula is C14H18ClN3O2. The molecule has 0 spiro atoms. The van der Waals surface area contributed by atoms with Gasteiger partial charge in [-0.15, -0.1) is 12.4 Å². The van der Waals surface area contributed by atoms with Crippen LogP contribution in [0.2, 0.25) is 0 Å². The molecule has 3 rings (SSSR count). The minimum Gasteiger partial charge on any atom is -0.368 e. The minimum atomic E-state index is -0.439. The van der Waals surface area contributed by atoms with Gasteiger partial charge in [0.2, 0.25) is 5.82 Å². The number of hydrogen-bond acceptors (Lipinski definition) is 5. The Morgan fingerprint density at radius 2 is 1.90 bits per heavy atom. The van der Waals surface area contributed by atoms with Crippen molar-refractivity contribution >= 4 is 12.4 Å². The Morgan fingerprint density at radius 1 is 1.20 bits per heavy atom. The topological polar surface area (TPSA) is 60.2 Å². The van der Waals surface area contributed by atoms with E-state index in [4.69, 9.17) is 9.26 Å². The molecule has 1 aromatic carbocycles. The van der Waals surface area contributed by atoms with Crippen molar-refractivity contribution in [2.24, 2.45) is 0 Å². The highest BCUT2D eigenvalue weighted by Crippen LogP contribution is 2.33. The summed E-state index contributed by atoms with van der Waals surface area (Å²) >= 11 is 0. The summed E-state index contributed by atoms with van der Waals surface area (Å²) in [5, 5.41) is 7.38. The van der Waals surface area contributed by atoms with E-state index in [9.17, 15) is 0 Å². The quantitative estimate of drug-likeness (QED) is 0.942. The molecule has 1 aliphatic rings. The second-order valence-electron chi connectivity index (χ2n) is 4.74. The van der Waals surface area contributed by atoms with Crippen LogP contribution in [0.15, 0.2) is 34.9 Å². The fourth-order valence-electron chi connectivity index (χ4n) is 2.45. The number of nitrogens with zero attached hydrogens (tertiary/aromatic N) is 2. The molecule has 5 nitrogen and oxygen atoms in total. The molecule has 1 N–H and O–H groups in total. The number of methoxy groups -OCH3 is 1. The molecule has 0 amide bonds. The summed E-state index contributed by atoms with van der Waals surface area (Å²) in [6, 6.07) is 9.82. The molecule has 1 fully saturated rings. The number of piperidine rings is 1. The van der Waals surface area contributed by atoms with Crippen molar-refractivity contribution in [1.82, 2.24) is 15.5 Å². The van der Waals surface area contributed by atoms with Crippen LogP contribution in [0, 0.1) is 0 Å². The molecule has 0 unspecified atom stereocenters. The lowest BCUT2D eigenvalue weighted by molar-refractivity contribution is -0.0622. The van der Waals surface area contributed by atoms with Crippen LogP contribution >= 0.6 is 12.4 Å². The largest absolute Gasteiger partial charge is 0.368 e. The Hall–Kier alpha value is -1.43. The van der Waals surface area contributed by atoms with Crippen molar-refractivity contribution in [3.05, 3.63) is 36.2 Å². The minimum absolute atomic E-state index is 0. The van der Waals surface area contributed by atoms with Crippen molar-refractivity contribution in [1.29, 1.82) is 0 Å². The predicted molar refractivity (Wildman–Crippen MR) is 77.8 cm³/mol. The Morgan fingerprint density at radius 3 is 2.55 bits per heavy atom. The lowest BCUT2D eigenvalue weighted by Gasteiger charge is -2.32. The van der Waals surface area contributed by atoms with Crippen LogP contribution in [0.4, 0.5) is 0 Å². The van der Waals surface area contributed by atoms with E-state index >= 15 is 0 Å². The fourth-order valence-corrected chi connectivity index (χ4v) is 2.45. The zero-order valence-corrected chi connectivity index (χ0v) is 12.2. The van der Waals surface area contributed by atoms with E-state index in [1.807, 2.05) is 30.3 Å². The van der Waals surface area contributed by atoms with Gasteiger partial charge in [-0.2, -0.15) is 4.98 Å². The predicted octanol–water partition coefficient (Wildman–Crippen LogP) is 2.38. The van der Waals surface area contributed by atoms with E-state index < -0.39 is 5.60 Å². The van der Waals surface area contributed by atoms with Crippen molar-refractivity contribution in [3.8, 4) is 11.4 Å². The maximum absolute atomic E-state index is 5.68. The van der Waals surface area contributed by atoms with Gasteiger partial charge in [0.15, 0.2) is 0 Å². The SMILES string of the molecule is COC1(c2nc(-c3ccccc3)no2)CCNCC1.Cl. The fraction of sp³-hybridized carbons (Fsp3) is 0.429. The van der Waals surface area contributed by atoms with Crippen LogP contribution in [0.1, 0.15) is 18.7 Å². The molecule has 2 heterocycles. The third-order valence-corrected chi connectivity index (χ3v) is 3.65. The van der Waals surface area contributed by atoms with E-state index in [0.717, 1.165) is 31.5 Å². The second kappa shape index (κ2) is 6.35. The summed E-state index contributed by atoms with van der Waals surface area (Å²) in [6.45, 7) is 1.80. The smallest absolute Gasteiger partial charge is 0.259 e. The average Bonchev–Trinajstić information content (AvgIpc) is 2.99. The number of aromatic nitrogens is 2. The maximum atomic E-state index is 5.68. The second-order valence-corrected chi connectivity index (χ2v) is 4.74. The number of hydrogen-bond donors (Lipinski definition) is 1. The van der Waals surface area contributed by atoms with Gasteiger partial charge >= 0.3 is 0 Å². The molecule has 1 saturated heterocycles. The average molecular weight is 296 g/mol. The molecule has 0 radical (unpaired) electrons. The van der Waals surface area contributed by atoms with Gasteiger partial charge in [0.1, 0.15) is 5.60 Å². The highest BCUT2D eigenvalue weighted by atomic mass is 35.5. The molecule has 0 saturated carbocycles. The van der Waals surface area contributed by atoms with E-state index in [-0.39, 0.29) is 12.4 Å². The molecule has 6 heteroatoms. The Kier molecular flexibility index (Phi) is 4.75. The van der Waals surface area contributed by atoms with Crippen LogP contribution in [-0.4, -0.2) is 30.3 Å². The molecule has 1 aromatic heterocycles. The van der Waals surface area contributed by atoms with Gasteiger partial charge in [0, 0.05) is 12.7 Å². The molecule has 1 aliphatic heterocycles. The van der Waals surface area contributed by atoms with Crippen molar-refractivity contribution in [2.75, 3.05) is 20.2 Å². The monoisotopic (exact) mass is 295 g/mol. The number of ether oxygens (including phenoxy) is 1. The van der Waals surface area contributed by atoms with Gasteiger partial charge in [0.05, 0.1) is 0 Å². The molecule has 2 aromatic rings. The number of halogens is 1. The normalized spacial score (nSPS) is 17.4. The summed E-state index contributed by atoms with van der Waals surface area (Å²) in [5.41, 5.74) is 0.517. The van der Waals surface area contributed by atoms with Gasteiger partial charge < -0.3 is 14.6 Å². The number of benzene rings is 1. The molecule has 0 atom stereocenters. The molecule has 0 aliphatic carbocycles. The van der Waals surface area contributed by atoms with Gasteiger partial charge in [-0.05, 0) is 25.9 Å². The first-order chi connectivity index (χ1) is 9.34. The molecule has 108 valence electrons. The molecular weight excluding hydrogens is 278 g/mol. The summed E-state index contributed by atoms with van der Waals surface area (Å²) in [5.74, 6) is 1.20. The zero-order valence-electron chi connectivity index (χ0n) is 11.3. The van der Waals surface area contributed by atoms with Gasteiger partial charge in [-0.25, -0.2) is 0 Å². The highest BCUT2D eigenvalue weighted by molar-refractivity contribution is 5.85. The van der Waals surface area contributed by atoms with Crippen molar-refractivity contribution < 1.29 is 9.26 Å². The van der Waals surface area contributed by atoms with Crippen molar-refractivity contribution in [2.45, 2.75) is 18.4 Å². The summed E-state index contributed by atoms with van der Waals surface area (Å²) < 4.78 is 11.1. The van der Waals surface area contributed by atoms with Gasteiger partial charge in [-0.1, -0.05) is 35.5 Å². The maximum Gasteiger partial charge on any atom is 0.259 e. The summed E-state index contributed by atoms with van der Waals surface area (Å²) in [7, 11) is 1.71. The molecule has 20 heavy (non-hydrogen) atoms. The first-order valence-electron chi connectivity index (χ1n) is 6.49. The lowest BCUT2D eigenvalue weighted by Crippen LogP contribution is -2.41. The Bertz CT molecular complexity index is 538. The summed E-state index contributed by atoms with van der Waals surface area (Å²) in [6.07, 6.45) is 1.69. The highest BCUT2D eigenvalue weighted by Gasteiger charge is 2.39. The standard InChI is InChI=1S/C14H17N3O2.ClH/c1-18-14(7-9-15-10-8-14)13-16-12(17-19-13)11-5-3-2-4-6-11;/h2-6,15H,7-10H2,1H3;1H. The first-order valence-corrected chi connectivity index (χ1v) is 6.49. The van der Waals surface area contributed by atoms with Crippen molar-refractivity contribution in [3.63, 3.8) is 0 Å². The first kappa shape index (κ1) is 15.0. The van der Waals surface area contributed by atoms with Gasteiger partial charge in [-0.3, -0.25) is 0 Å². The van der Waals surface area contributed by atoms with E-state index in [0.29, 0.717) is 11.7 Å². The van der Waals surface area contributed by atoms with E-state index in [2.05, 4.69) is 15.5 Å². The van der Waals surface area contributed by atoms with Crippen LogP contribution < -0.4 is 5.32 Å². The third-order valence-electron chi connectivity index (χ3n) is 3.65. The third kappa shape index (κ3) is 2.70. The number of rotatable bonds is 3. The Labute approximate surface area is 124 Å². The van der Waals surface area contributed by atoms with Gasteiger partial charge in [0.25, 0.3) is 5.89 Å². The van der Waals surface area contributed by atoms with Crippen LogP contribution in [0.3, 0.4) is 0 Å². The number of nitrogens with one attached hydrogen (secondary N) is 1. The Balaban J connectivity index is 0.00000147. The summed E-state index contributed by atoms with van der Waals surface area (Å²) in [4.78, 5) is 4.52.